The predicted molar refractivity (Wildman–Crippen MR) is 460 cm³/mol. The quantitative estimate of drug-likeness (QED) is 0.0321. The second kappa shape index (κ2) is 49.5. The number of carbonyl (C=O) groups is 1. The largest absolute Gasteiger partial charge is 0.497 e. The third-order valence-electron chi connectivity index (χ3n) is 21.1. The Bertz CT molecular complexity index is 4150. The van der Waals surface area contributed by atoms with Gasteiger partial charge in [0.15, 0.2) is 6.79 Å². The molecule has 0 aliphatic heterocycles. The van der Waals surface area contributed by atoms with Crippen molar-refractivity contribution >= 4 is 27.5 Å². The molecule has 1 aliphatic carbocycles. The number of benzene rings is 11. The van der Waals surface area contributed by atoms with Crippen molar-refractivity contribution in [2.45, 2.75) is 228 Å². The maximum atomic E-state index is 10.7. The van der Waals surface area contributed by atoms with Crippen molar-refractivity contribution in [1.29, 1.82) is 0 Å². The highest BCUT2D eigenvalue weighted by molar-refractivity contribution is 5.86. The second-order valence-corrected chi connectivity index (χ2v) is 28.8. The number of rotatable bonds is 25. The van der Waals surface area contributed by atoms with Gasteiger partial charge in [-0.1, -0.05) is 322 Å². The van der Waals surface area contributed by atoms with Crippen LogP contribution >= 0.6 is 0 Å². The lowest BCUT2D eigenvalue weighted by Gasteiger charge is -2.22. The molecule has 0 N–H and O–H groups in total. The molecule has 1 aliphatic rings. The first-order valence-electron chi connectivity index (χ1n) is 40.2. The summed E-state index contributed by atoms with van der Waals surface area (Å²) in [4.78, 5) is 10.7. The Kier molecular flexibility index (Phi) is 40.1. The molecule has 0 saturated heterocycles. The van der Waals surface area contributed by atoms with E-state index in [1.807, 2.05) is 91.0 Å². The van der Waals surface area contributed by atoms with E-state index in [4.69, 9.17) is 28.4 Å². The number of ether oxygens (including phenoxy) is 6. The van der Waals surface area contributed by atoms with E-state index < -0.39 is 0 Å². The van der Waals surface area contributed by atoms with Gasteiger partial charge in [0.05, 0.1) is 13.2 Å². The summed E-state index contributed by atoms with van der Waals surface area (Å²) >= 11 is 0. The SMILES string of the molecule is CCC(C)c1ccc(-c2ccccc2)cc1.CCC(C)c1ccc(OC(C)=O)cc1.CCC(C)c1ccc(OC)cc1.CCC(C)c1ccc(OCOC2CCCCC2)cc1.CCC(C)c1ccc(OCOc2ccccc2)cc1.CCC(C)c1ccc2ccccc2c1.CCC(C)c1cccc2ccccc12. The minimum Gasteiger partial charge on any atom is -0.497 e. The van der Waals surface area contributed by atoms with Gasteiger partial charge < -0.3 is 28.4 Å². The van der Waals surface area contributed by atoms with Crippen LogP contribution in [0.15, 0.2) is 267 Å². The van der Waals surface area contributed by atoms with Crippen LogP contribution in [0.5, 0.6) is 28.7 Å². The average molecular weight is 1450 g/mol. The molecule has 0 spiro atoms. The Morgan fingerprint density at radius 3 is 1.13 bits per heavy atom. The van der Waals surface area contributed by atoms with Gasteiger partial charge in [0.1, 0.15) is 28.7 Å². The van der Waals surface area contributed by atoms with Crippen molar-refractivity contribution in [3.05, 3.63) is 306 Å². The van der Waals surface area contributed by atoms with E-state index in [0.29, 0.717) is 60.1 Å². The van der Waals surface area contributed by atoms with Gasteiger partial charge in [-0.05, 0) is 231 Å². The van der Waals surface area contributed by atoms with Crippen molar-refractivity contribution < 1.29 is 33.2 Å². The molecule has 0 radical (unpaired) electrons. The monoisotopic (exact) mass is 1450 g/mol. The Labute approximate surface area is 651 Å². The zero-order valence-electron chi connectivity index (χ0n) is 68.3. The first-order valence-corrected chi connectivity index (χ1v) is 40.2. The second-order valence-electron chi connectivity index (χ2n) is 28.8. The van der Waals surface area contributed by atoms with Gasteiger partial charge in [-0.3, -0.25) is 4.79 Å². The molecule has 1 saturated carbocycles. The number of hydrogen-bond acceptors (Lipinski definition) is 7. The van der Waals surface area contributed by atoms with Gasteiger partial charge in [0.25, 0.3) is 0 Å². The summed E-state index contributed by atoms with van der Waals surface area (Å²) in [6.45, 7) is 33.3. The summed E-state index contributed by atoms with van der Waals surface area (Å²) in [5, 5.41) is 5.44. The summed E-state index contributed by atoms with van der Waals surface area (Å²) in [7, 11) is 1.69. The summed E-state index contributed by atoms with van der Waals surface area (Å²) in [6, 6.07) is 92.2. The molecule has 11 aromatic carbocycles. The molecule has 7 atom stereocenters. The summed E-state index contributed by atoms with van der Waals surface area (Å²) in [5.74, 6) is 8.22. The van der Waals surface area contributed by atoms with Gasteiger partial charge >= 0.3 is 5.97 Å². The number of methoxy groups -OCH3 is 1. The summed E-state index contributed by atoms with van der Waals surface area (Å²) < 4.78 is 32.5. The number of para-hydroxylation sites is 1. The molecule has 108 heavy (non-hydrogen) atoms. The fraction of sp³-hybridized carbons (Fsp3) is 0.376. The van der Waals surface area contributed by atoms with Crippen molar-refractivity contribution in [3.63, 3.8) is 0 Å². The average Bonchev–Trinajstić information content (AvgIpc) is 0.816. The lowest BCUT2D eigenvalue weighted by atomic mass is 9.93. The fourth-order valence-electron chi connectivity index (χ4n) is 12.3. The van der Waals surface area contributed by atoms with E-state index in [1.54, 1.807) is 7.11 Å². The van der Waals surface area contributed by atoms with Crippen LogP contribution in [0.2, 0.25) is 0 Å². The van der Waals surface area contributed by atoms with Crippen molar-refractivity contribution in [2.75, 3.05) is 20.7 Å². The maximum absolute atomic E-state index is 10.7. The highest BCUT2D eigenvalue weighted by Gasteiger charge is 2.15. The van der Waals surface area contributed by atoms with Crippen LogP contribution in [0, 0.1) is 0 Å². The molecule has 12 rings (SSSR count). The standard InChI is InChI=1S/C17H26O2.C17H20O2.C16H18.2C14H16.C12H16O2.C11H16O/c2*1-3-14(2)15-9-11-17(12-10-15)19-13-18-16-7-5-4-6-8-16;1-3-13(2)14-9-11-16(12-10-14)15-7-5-4-6-8-15;1-3-11(2)13-10-6-8-12-7-4-5-9-14(12)13;1-3-11(2)13-9-8-12-6-4-5-7-14(12)10-13;1-4-9(2)11-5-7-12(8-6-11)14-10(3)13;1-4-9(2)10-5-7-11(12-3)8-6-10/h9-12,14,16H,3-8,13H2,1-2H3;4-12,14H,3,13H2,1-2H3;4-13H,3H2,1-2H3;2*4-11H,3H2,1-2H3;5-9H,4H2,1-3H3;5-9H,4H2,1-3H3. The van der Waals surface area contributed by atoms with Gasteiger partial charge in [0.2, 0.25) is 6.79 Å². The molecule has 1 fully saturated rings. The van der Waals surface area contributed by atoms with Crippen LogP contribution in [0.1, 0.15) is 261 Å². The highest BCUT2D eigenvalue weighted by atomic mass is 16.7. The number of carbonyl (C=O) groups excluding carboxylic acids is 1. The van der Waals surface area contributed by atoms with Crippen molar-refractivity contribution in [2.24, 2.45) is 0 Å². The molecule has 7 nitrogen and oxygen atoms in total. The zero-order chi connectivity index (χ0) is 77.8. The summed E-state index contributed by atoms with van der Waals surface area (Å²) in [6.07, 6.45) is 15.0. The van der Waals surface area contributed by atoms with Gasteiger partial charge in [-0.15, -0.1) is 0 Å². The van der Waals surface area contributed by atoms with Gasteiger partial charge in [-0.2, -0.15) is 0 Å². The molecule has 11 aromatic rings. The minimum absolute atomic E-state index is 0.229. The van der Waals surface area contributed by atoms with Gasteiger partial charge in [0, 0.05) is 6.92 Å². The van der Waals surface area contributed by atoms with Crippen LogP contribution in [-0.4, -0.2) is 32.8 Å². The first-order chi connectivity index (χ1) is 52.4. The number of esters is 1. The fourth-order valence-corrected chi connectivity index (χ4v) is 12.3. The highest BCUT2D eigenvalue weighted by Crippen LogP contribution is 2.31. The Morgan fingerprint density at radius 2 is 0.676 bits per heavy atom. The number of hydrogen-bond donors (Lipinski definition) is 0. The van der Waals surface area contributed by atoms with Gasteiger partial charge in [-0.25, -0.2) is 0 Å². The maximum Gasteiger partial charge on any atom is 0.308 e. The van der Waals surface area contributed by atoms with Crippen LogP contribution in [0.3, 0.4) is 0 Å². The van der Waals surface area contributed by atoms with Crippen LogP contribution in [0.25, 0.3) is 32.7 Å². The number of fused-ring (bicyclic) bond motifs is 2. The Balaban J connectivity index is 0.000000198. The molecule has 574 valence electrons. The molecule has 0 heterocycles. The van der Waals surface area contributed by atoms with Crippen LogP contribution in [-0.2, 0) is 9.53 Å². The van der Waals surface area contributed by atoms with E-state index in [9.17, 15) is 4.79 Å². The van der Waals surface area contributed by atoms with E-state index in [2.05, 4.69) is 273 Å². The molecular formula is C101H128O7. The molecular weight excluding hydrogens is 1330 g/mol. The van der Waals surface area contributed by atoms with E-state index in [0.717, 1.165) is 35.8 Å². The van der Waals surface area contributed by atoms with E-state index in [-0.39, 0.29) is 12.8 Å². The third-order valence-corrected chi connectivity index (χ3v) is 21.1. The Morgan fingerprint density at radius 1 is 0.324 bits per heavy atom. The lowest BCUT2D eigenvalue weighted by Crippen LogP contribution is -2.19. The van der Waals surface area contributed by atoms with Crippen LogP contribution in [0.4, 0.5) is 0 Å². The molecule has 7 unspecified atom stereocenters. The van der Waals surface area contributed by atoms with Crippen LogP contribution < -0.4 is 23.7 Å². The lowest BCUT2D eigenvalue weighted by molar-refractivity contribution is -0.131. The molecule has 7 heteroatoms. The Hall–Kier alpha value is -9.43. The zero-order valence-corrected chi connectivity index (χ0v) is 68.3. The van der Waals surface area contributed by atoms with E-state index in [1.165, 1.54) is 143 Å². The molecule has 0 bridgehead atoms. The van der Waals surface area contributed by atoms with Crippen molar-refractivity contribution in [1.82, 2.24) is 0 Å². The molecule has 0 amide bonds. The summed E-state index contributed by atoms with van der Waals surface area (Å²) in [5.41, 5.74) is 12.3. The first kappa shape index (κ1) is 87.5. The minimum atomic E-state index is -0.277. The topological polar surface area (TPSA) is 72.5 Å². The third kappa shape index (κ3) is 30.7. The predicted octanol–water partition coefficient (Wildman–Crippen LogP) is 29.4. The smallest absolute Gasteiger partial charge is 0.308 e. The molecule has 0 aromatic heterocycles. The van der Waals surface area contributed by atoms with Crippen molar-refractivity contribution in [3.8, 4) is 39.9 Å². The van der Waals surface area contributed by atoms with E-state index >= 15 is 0 Å². The normalized spacial score (nSPS) is 13.5.